The average molecular weight is 285 g/mol. The maximum atomic E-state index is 12.7. The van der Waals surface area contributed by atoms with E-state index in [4.69, 9.17) is 4.74 Å². The van der Waals surface area contributed by atoms with Crippen molar-refractivity contribution < 1.29 is 14.3 Å². The van der Waals surface area contributed by atoms with Gasteiger partial charge in [-0.05, 0) is 43.7 Å². The van der Waals surface area contributed by atoms with Gasteiger partial charge >= 0.3 is 5.97 Å². The number of carbonyl (C=O) groups is 2. The Labute approximate surface area is 123 Å². The van der Waals surface area contributed by atoms with Gasteiger partial charge in [0.05, 0.1) is 11.8 Å². The summed E-state index contributed by atoms with van der Waals surface area (Å²) in [5.74, 6) is -0.0100. The summed E-state index contributed by atoms with van der Waals surface area (Å²) < 4.78 is 5.40. The third-order valence-electron chi connectivity index (χ3n) is 5.52. The number of esters is 1. The molecule has 1 saturated heterocycles. The van der Waals surface area contributed by atoms with Crippen molar-refractivity contribution in [3.8, 4) is 0 Å². The second kappa shape index (κ2) is 4.33. The molecule has 0 unspecified atom stereocenters. The van der Waals surface area contributed by atoms with Crippen LogP contribution in [0.4, 0.5) is 5.69 Å². The molecule has 0 spiro atoms. The van der Waals surface area contributed by atoms with E-state index < -0.39 is 0 Å². The minimum absolute atomic E-state index is 0.0119. The Morgan fingerprint density at radius 2 is 1.95 bits per heavy atom. The second-order valence-electron chi connectivity index (χ2n) is 6.68. The van der Waals surface area contributed by atoms with E-state index in [1.165, 1.54) is 0 Å². The third kappa shape index (κ3) is 1.74. The molecule has 1 aliphatic heterocycles. The topological polar surface area (TPSA) is 55.4 Å². The van der Waals surface area contributed by atoms with Crippen LogP contribution in [0.5, 0.6) is 0 Å². The highest BCUT2D eigenvalue weighted by Crippen LogP contribution is 2.57. The lowest BCUT2D eigenvalue weighted by atomic mass is 9.79. The van der Waals surface area contributed by atoms with Crippen molar-refractivity contribution in [1.82, 2.24) is 0 Å². The molecule has 2 aliphatic carbocycles. The van der Waals surface area contributed by atoms with E-state index in [0.29, 0.717) is 5.92 Å². The zero-order valence-electron chi connectivity index (χ0n) is 12.3. The van der Waals surface area contributed by atoms with Crippen LogP contribution in [0.3, 0.4) is 0 Å². The number of aryl methyl sites for hydroxylation is 2. The molecule has 110 valence electrons. The molecule has 1 aromatic rings. The lowest BCUT2D eigenvalue weighted by molar-refractivity contribution is -0.145. The van der Waals surface area contributed by atoms with Crippen molar-refractivity contribution in [2.24, 2.45) is 23.7 Å². The van der Waals surface area contributed by atoms with E-state index in [0.717, 1.165) is 29.7 Å². The van der Waals surface area contributed by atoms with Gasteiger partial charge in [-0.2, -0.15) is 0 Å². The number of rotatable bonds is 2. The van der Waals surface area contributed by atoms with Crippen molar-refractivity contribution in [2.75, 3.05) is 5.32 Å². The van der Waals surface area contributed by atoms with Gasteiger partial charge in [0.25, 0.3) is 0 Å². The molecule has 0 radical (unpaired) electrons. The summed E-state index contributed by atoms with van der Waals surface area (Å²) >= 11 is 0. The summed E-state index contributed by atoms with van der Waals surface area (Å²) in [7, 11) is 0. The first-order valence-electron chi connectivity index (χ1n) is 7.64. The lowest BCUT2D eigenvalue weighted by Gasteiger charge is -2.24. The van der Waals surface area contributed by atoms with E-state index >= 15 is 0 Å². The third-order valence-corrected chi connectivity index (χ3v) is 5.52. The van der Waals surface area contributed by atoms with Crippen LogP contribution in [0.2, 0.25) is 0 Å². The average Bonchev–Trinajstić information content (AvgIpc) is 3.04. The Kier molecular flexibility index (Phi) is 2.65. The Morgan fingerprint density at radius 1 is 1.24 bits per heavy atom. The maximum Gasteiger partial charge on any atom is 0.310 e. The molecular weight excluding hydrogens is 266 g/mol. The van der Waals surface area contributed by atoms with Crippen LogP contribution in [-0.2, 0) is 14.3 Å². The SMILES string of the molecule is Cc1cccc(C)c1NC(=O)[C@@H]1[C@@H]2C[C@@H]3[C@H]1C(=O)O[C@H]3C2. The Hall–Kier alpha value is -1.84. The first-order valence-corrected chi connectivity index (χ1v) is 7.64. The summed E-state index contributed by atoms with van der Waals surface area (Å²) in [6, 6.07) is 5.96. The molecule has 2 saturated carbocycles. The molecule has 5 atom stereocenters. The molecule has 1 N–H and O–H groups in total. The van der Waals surface area contributed by atoms with E-state index in [1.807, 2.05) is 32.0 Å². The van der Waals surface area contributed by atoms with Gasteiger partial charge in [-0.25, -0.2) is 0 Å². The van der Waals surface area contributed by atoms with Gasteiger partial charge in [-0.15, -0.1) is 0 Å². The van der Waals surface area contributed by atoms with E-state index in [-0.39, 0.29) is 35.7 Å². The predicted octanol–water partition coefficient (Wildman–Crippen LogP) is 2.44. The first kappa shape index (κ1) is 12.9. The Balaban J connectivity index is 1.60. The number of para-hydroxylation sites is 1. The first-order chi connectivity index (χ1) is 10.1. The standard InChI is InChI=1S/C17H19NO3/c1-8-4-3-5-9(2)15(8)18-16(19)13-10-6-11-12(7-10)21-17(20)14(11)13/h3-5,10-14H,6-7H2,1-2H3,(H,18,19)/t10-,11+,12+,13-,14-/m1/s1. The fourth-order valence-electron chi connectivity index (χ4n) is 4.58. The molecular formula is C17H19NO3. The molecule has 3 aliphatic rings. The van der Waals surface area contributed by atoms with Gasteiger partial charge < -0.3 is 10.1 Å². The van der Waals surface area contributed by atoms with E-state index in [9.17, 15) is 9.59 Å². The van der Waals surface area contributed by atoms with E-state index in [2.05, 4.69) is 5.32 Å². The van der Waals surface area contributed by atoms with Gasteiger partial charge in [-0.1, -0.05) is 18.2 Å². The maximum absolute atomic E-state index is 12.7. The highest BCUT2D eigenvalue weighted by molar-refractivity contribution is 5.97. The van der Waals surface area contributed by atoms with Crippen molar-refractivity contribution >= 4 is 17.6 Å². The number of nitrogens with one attached hydrogen (secondary N) is 1. The Morgan fingerprint density at radius 3 is 2.67 bits per heavy atom. The summed E-state index contributed by atoms with van der Waals surface area (Å²) in [5, 5.41) is 3.06. The van der Waals surface area contributed by atoms with Crippen LogP contribution in [-0.4, -0.2) is 18.0 Å². The molecule has 4 nitrogen and oxygen atoms in total. The molecule has 1 amide bonds. The number of benzene rings is 1. The molecule has 21 heavy (non-hydrogen) atoms. The van der Waals surface area contributed by atoms with Gasteiger partial charge in [0.1, 0.15) is 6.10 Å². The van der Waals surface area contributed by atoms with Crippen LogP contribution in [0.25, 0.3) is 0 Å². The number of ether oxygens (including phenoxy) is 1. The largest absolute Gasteiger partial charge is 0.462 e. The highest BCUT2D eigenvalue weighted by Gasteiger charge is 2.63. The van der Waals surface area contributed by atoms with Gasteiger partial charge in [0, 0.05) is 11.6 Å². The zero-order chi connectivity index (χ0) is 14.7. The molecule has 4 heteroatoms. The fraction of sp³-hybridized carbons (Fsp3) is 0.529. The second-order valence-corrected chi connectivity index (χ2v) is 6.68. The molecule has 3 fully saturated rings. The lowest BCUT2D eigenvalue weighted by Crippen LogP contribution is -2.36. The minimum atomic E-state index is -0.210. The van der Waals surface area contributed by atoms with Crippen molar-refractivity contribution in [1.29, 1.82) is 0 Å². The van der Waals surface area contributed by atoms with Crippen molar-refractivity contribution in [2.45, 2.75) is 32.8 Å². The normalized spacial score (nSPS) is 35.9. The number of hydrogen-bond acceptors (Lipinski definition) is 3. The van der Waals surface area contributed by atoms with Crippen LogP contribution < -0.4 is 5.32 Å². The number of anilines is 1. The smallest absolute Gasteiger partial charge is 0.310 e. The zero-order valence-corrected chi connectivity index (χ0v) is 12.3. The number of hydrogen-bond donors (Lipinski definition) is 1. The number of carbonyl (C=O) groups excluding carboxylic acids is 2. The van der Waals surface area contributed by atoms with Crippen LogP contribution in [0.15, 0.2) is 18.2 Å². The summed E-state index contributed by atoms with van der Waals surface area (Å²) in [4.78, 5) is 24.7. The van der Waals surface area contributed by atoms with Crippen LogP contribution in [0.1, 0.15) is 24.0 Å². The minimum Gasteiger partial charge on any atom is -0.462 e. The molecule has 2 bridgehead atoms. The van der Waals surface area contributed by atoms with Gasteiger partial charge in [-0.3, -0.25) is 9.59 Å². The Bertz CT molecular complexity index is 617. The number of fused-ring (bicyclic) bond motifs is 1. The molecule has 1 aromatic carbocycles. The fourth-order valence-corrected chi connectivity index (χ4v) is 4.58. The highest BCUT2D eigenvalue weighted by atomic mass is 16.6. The van der Waals surface area contributed by atoms with Crippen molar-refractivity contribution in [3.05, 3.63) is 29.3 Å². The van der Waals surface area contributed by atoms with E-state index in [1.54, 1.807) is 0 Å². The molecule has 1 heterocycles. The number of amides is 1. The molecule has 4 rings (SSSR count). The van der Waals surface area contributed by atoms with Crippen LogP contribution >= 0.6 is 0 Å². The van der Waals surface area contributed by atoms with Crippen molar-refractivity contribution in [3.63, 3.8) is 0 Å². The van der Waals surface area contributed by atoms with Gasteiger partial charge in [0.2, 0.25) is 5.91 Å². The summed E-state index contributed by atoms with van der Waals surface area (Å²) in [5.41, 5.74) is 2.99. The van der Waals surface area contributed by atoms with Crippen LogP contribution in [0, 0.1) is 37.5 Å². The quantitative estimate of drug-likeness (QED) is 0.849. The molecule has 0 aromatic heterocycles. The summed E-state index contributed by atoms with van der Waals surface area (Å²) in [6.45, 7) is 3.98. The van der Waals surface area contributed by atoms with Gasteiger partial charge in [0.15, 0.2) is 0 Å². The monoisotopic (exact) mass is 285 g/mol. The summed E-state index contributed by atoms with van der Waals surface area (Å²) in [6.07, 6.45) is 1.90. The predicted molar refractivity (Wildman–Crippen MR) is 77.6 cm³/mol.